The van der Waals surface area contributed by atoms with Gasteiger partial charge in [-0.05, 0) is 12.1 Å². The lowest BCUT2D eigenvalue weighted by molar-refractivity contribution is 0.0946. The third-order valence-corrected chi connectivity index (χ3v) is 3.20. The van der Waals surface area contributed by atoms with E-state index in [2.05, 4.69) is 20.3 Å². The Kier molecular flexibility index (Phi) is 3.69. The van der Waals surface area contributed by atoms with Gasteiger partial charge in [0.05, 0.1) is 0 Å². The van der Waals surface area contributed by atoms with Gasteiger partial charge < -0.3 is 10.2 Å². The van der Waals surface area contributed by atoms with Crippen LogP contribution in [0.3, 0.4) is 0 Å². The first-order chi connectivity index (χ1) is 10.6. The maximum Gasteiger partial charge on any atom is 0.271 e. The van der Waals surface area contributed by atoms with Crippen molar-refractivity contribution < 1.29 is 4.79 Å². The first-order valence-electron chi connectivity index (χ1n) is 6.84. The Bertz CT molecular complexity index is 777. The quantitative estimate of drug-likeness (QED) is 0.781. The summed E-state index contributed by atoms with van der Waals surface area (Å²) in [5, 5.41) is 2.86. The zero-order chi connectivity index (χ0) is 15.5. The number of aromatic nitrogens is 4. The van der Waals surface area contributed by atoms with Crippen molar-refractivity contribution in [3.63, 3.8) is 0 Å². The highest BCUT2D eigenvalue weighted by molar-refractivity contribution is 5.92. The molecule has 0 radical (unpaired) electrons. The van der Waals surface area contributed by atoms with Gasteiger partial charge in [0.15, 0.2) is 0 Å². The molecule has 0 aromatic carbocycles. The number of hydrogen-bond acceptors (Lipinski definition) is 5. The van der Waals surface area contributed by atoms with Gasteiger partial charge in [-0.1, -0.05) is 6.07 Å². The highest BCUT2D eigenvalue weighted by Crippen LogP contribution is 2.14. The van der Waals surface area contributed by atoms with Crippen molar-refractivity contribution in [1.82, 2.24) is 24.7 Å². The van der Waals surface area contributed by atoms with Gasteiger partial charge in [0.1, 0.15) is 11.5 Å². The first kappa shape index (κ1) is 14.0. The van der Waals surface area contributed by atoms with Crippen LogP contribution in [0.15, 0.2) is 43.0 Å². The van der Waals surface area contributed by atoms with Crippen molar-refractivity contribution in [2.24, 2.45) is 0 Å². The van der Waals surface area contributed by atoms with E-state index >= 15 is 0 Å². The van der Waals surface area contributed by atoms with Crippen molar-refractivity contribution >= 4 is 17.5 Å². The zero-order valence-corrected chi connectivity index (χ0v) is 12.4. The van der Waals surface area contributed by atoms with Crippen molar-refractivity contribution in [2.45, 2.75) is 6.54 Å². The number of anilines is 1. The Morgan fingerprint density at radius 1 is 1.27 bits per heavy atom. The van der Waals surface area contributed by atoms with Gasteiger partial charge >= 0.3 is 0 Å². The molecule has 0 unspecified atom stereocenters. The van der Waals surface area contributed by atoms with Gasteiger partial charge in [0.2, 0.25) is 5.78 Å². The van der Waals surface area contributed by atoms with E-state index < -0.39 is 0 Å². The van der Waals surface area contributed by atoms with Crippen LogP contribution in [0.5, 0.6) is 0 Å². The number of hydrogen-bond donors (Lipinski definition) is 1. The lowest BCUT2D eigenvalue weighted by atomic mass is 10.2. The molecule has 0 bridgehead atoms. The van der Waals surface area contributed by atoms with Crippen LogP contribution in [0.25, 0.3) is 5.78 Å². The van der Waals surface area contributed by atoms with Gasteiger partial charge in [-0.15, -0.1) is 0 Å². The van der Waals surface area contributed by atoms with Gasteiger partial charge in [0, 0.05) is 51.0 Å². The summed E-state index contributed by atoms with van der Waals surface area (Å²) in [4.78, 5) is 26.7. The summed E-state index contributed by atoms with van der Waals surface area (Å²) in [6.45, 7) is 0.390. The number of pyridine rings is 1. The Morgan fingerprint density at radius 2 is 2.09 bits per heavy atom. The molecule has 3 rings (SSSR count). The Balaban J connectivity index is 1.75. The van der Waals surface area contributed by atoms with Gasteiger partial charge in [-0.3, -0.25) is 9.20 Å². The Hall–Kier alpha value is -2.96. The molecule has 3 aromatic heterocycles. The monoisotopic (exact) mass is 296 g/mol. The third kappa shape index (κ3) is 2.73. The average Bonchev–Trinajstić information content (AvgIpc) is 2.97. The average molecular weight is 296 g/mol. The lowest BCUT2D eigenvalue weighted by Gasteiger charge is -2.15. The van der Waals surface area contributed by atoms with Gasteiger partial charge in [-0.25, -0.2) is 15.0 Å². The second kappa shape index (κ2) is 5.80. The summed E-state index contributed by atoms with van der Waals surface area (Å²) >= 11 is 0. The molecule has 1 N–H and O–H groups in total. The lowest BCUT2D eigenvalue weighted by Crippen LogP contribution is -2.24. The van der Waals surface area contributed by atoms with Gasteiger partial charge in [0.25, 0.3) is 5.91 Å². The largest absolute Gasteiger partial charge is 0.362 e. The van der Waals surface area contributed by atoms with E-state index in [4.69, 9.17) is 0 Å². The molecule has 0 saturated carbocycles. The first-order valence-corrected chi connectivity index (χ1v) is 6.84. The van der Waals surface area contributed by atoms with Crippen molar-refractivity contribution in [3.8, 4) is 0 Å². The molecule has 0 aliphatic rings. The normalized spacial score (nSPS) is 10.6. The van der Waals surface area contributed by atoms with Crippen molar-refractivity contribution in [1.29, 1.82) is 0 Å². The fourth-order valence-corrected chi connectivity index (χ4v) is 2.18. The highest BCUT2D eigenvalue weighted by Gasteiger charge is 2.12. The summed E-state index contributed by atoms with van der Waals surface area (Å²) in [6, 6.07) is 5.58. The molecule has 0 aliphatic carbocycles. The molecule has 0 spiro atoms. The van der Waals surface area contributed by atoms with E-state index in [0.29, 0.717) is 18.0 Å². The summed E-state index contributed by atoms with van der Waals surface area (Å²) in [6.07, 6.45) is 6.84. The van der Waals surface area contributed by atoms with Crippen LogP contribution in [0.1, 0.15) is 16.1 Å². The van der Waals surface area contributed by atoms with Crippen LogP contribution < -0.4 is 10.2 Å². The van der Waals surface area contributed by atoms with Crippen molar-refractivity contribution in [3.05, 3.63) is 54.2 Å². The fraction of sp³-hybridized carbons (Fsp3) is 0.200. The number of rotatable bonds is 4. The number of carbonyl (C=O) groups is 1. The summed E-state index contributed by atoms with van der Waals surface area (Å²) in [7, 11) is 3.84. The number of imidazole rings is 1. The molecule has 3 heterocycles. The number of nitrogens with one attached hydrogen (secondary N) is 1. The molecule has 0 aliphatic heterocycles. The fourth-order valence-electron chi connectivity index (χ4n) is 2.18. The number of amides is 1. The zero-order valence-electron chi connectivity index (χ0n) is 12.4. The molecule has 7 nitrogen and oxygen atoms in total. The Labute approximate surface area is 127 Å². The summed E-state index contributed by atoms with van der Waals surface area (Å²) in [5.41, 5.74) is 1.29. The van der Waals surface area contributed by atoms with Crippen LogP contribution in [0.4, 0.5) is 5.82 Å². The highest BCUT2D eigenvalue weighted by atomic mass is 16.1. The summed E-state index contributed by atoms with van der Waals surface area (Å²) in [5.74, 6) is 1.10. The molecule has 0 saturated heterocycles. The van der Waals surface area contributed by atoms with Crippen LogP contribution >= 0.6 is 0 Å². The standard InChI is InChI=1S/C15H16N6O/c1-20(2)13-11(5-3-6-16-13)9-18-14(22)12-10-21-8-4-7-17-15(21)19-12/h3-8,10H,9H2,1-2H3,(H,18,22). The second-order valence-electron chi connectivity index (χ2n) is 5.02. The molecule has 7 heteroatoms. The minimum Gasteiger partial charge on any atom is -0.362 e. The molecule has 0 fully saturated rings. The maximum absolute atomic E-state index is 12.2. The minimum atomic E-state index is -0.237. The molecule has 3 aromatic rings. The molecule has 22 heavy (non-hydrogen) atoms. The molecule has 0 atom stereocenters. The summed E-state index contributed by atoms with van der Waals surface area (Å²) < 4.78 is 1.71. The predicted octanol–water partition coefficient (Wildman–Crippen LogP) is 1.12. The van der Waals surface area contributed by atoms with Crippen LogP contribution in [0.2, 0.25) is 0 Å². The molecular formula is C15H16N6O. The van der Waals surface area contributed by atoms with Crippen molar-refractivity contribution in [2.75, 3.05) is 19.0 Å². The van der Waals surface area contributed by atoms with Gasteiger partial charge in [-0.2, -0.15) is 0 Å². The number of nitrogens with zero attached hydrogens (tertiary/aromatic N) is 5. The molecule has 1 amide bonds. The molecular weight excluding hydrogens is 280 g/mol. The van der Waals surface area contributed by atoms with E-state index in [1.165, 1.54) is 0 Å². The second-order valence-corrected chi connectivity index (χ2v) is 5.02. The Morgan fingerprint density at radius 3 is 2.86 bits per heavy atom. The van der Waals surface area contributed by atoms with E-state index in [1.54, 1.807) is 35.3 Å². The van der Waals surface area contributed by atoms with Crippen LogP contribution in [-0.4, -0.2) is 39.4 Å². The topological polar surface area (TPSA) is 75.4 Å². The minimum absolute atomic E-state index is 0.237. The SMILES string of the molecule is CN(C)c1ncccc1CNC(=O)c1cn2cccnc2n1. The third-order valence-electron chi connectivity index (χ3n) is 3.20. The smallest absolute Gasteiger partial charge is 0.271 e. The van der Waals surface area contributed by atoms with E-state index in [9.17, 15) is 4.79 Å². The maximum atomic E-state index is 12.2. The number of fused-ring (bicyclic) bond motifs is 1. The van der Waals surface area contributed by atoms with E-state index in [0.717, 1.165) is 11.4 Å². The predicted molar refractivity (Wildman–Crippen MR) is 82.7 cm³/mol. The van der Waals surface area contributed by atoms with Crippen LogP contribution in [0, 0.1) is 0 Å². The molecule has 112 valence electrons. The van der Waals surface area contributed by atoms with E-state index in [-0.39, 0.29) is 5.91 Å². The number of carbonyl (C=O) groups excluding carboxylic acids is 1. The van der Waals surface area contributed by atoms with E-state index in [1.807, 2.05) is 31.1 Å². The van der Waals surface area contributed by atoms with Crippen LogP contribution in [-0.2, 0) is 6.54 Å².